The molecular formula is C15H14N2O3. The zero-order valence-corrected chi connectivity index (χ0v) is 10.9. The molecule has 0 spiro atoms. The van der Waals surface area contributed by atoms with Gasteiger partial charge < -0.3 is 9.84 Å². The standard InChI is InChI=1S/C15H14N2O3/c1-11(16-17-15(18)19)12-7-9-14(10-8-12)20-13-5-3-2-4-6-13/h2-10,17H,1H3,(H,18,19)/b16-11-. The first-order chi connectivity index (χ1) is 9.65. The van der Waals surface area contributed by atoms with Gasteiger partial charge in [-0.2, -0.15) is 5.10 Å². The van der Waals surface area contributed by atoms with Gasteiger partial charge in [0, 0.05) is 0 Å². The molecule has 1 amide bonds. The molecule has 0 fully saturated rings. The van der Waals surface area contributed by atoms with E-state index in [2.05, 4.69) is 5.10 Å². The topological polar surface area (TPSA) is 70.9 Å². The second-order valence-corrected chi connectivity index (χ2v) is 4.05. The lowest BCUT2D eigenvalue weighted by atomic mass is 10.1. The Labute approximate surface area is 116 Å². The van der Waals surface area contributed by atoms with Crippen LogP contribution in [-0.4, -0.2) is 16.9 Å². The van der Waals surface area contributed by atoms with Gasteiger partial charge in [-0.05, 0) is 48.9 Å². The maximum Gasteiger partial charge on any atom is 0.425 e. The van der Waals surface area contributed by atoms with Gasteiger partial charge in [0.15, 0.2) is 0 Å². The maximum atomic E-state index is 10.4. The average molecular weight is 270 g/mol. The molecule has 5 heteroatoms. The molecule has 2 N–H and O–H groups in total. The van der Waals surface area contributed by atoms with Gasteiger partial charge in [-0.15, -0.1) is 0 Å². The monoisotopic (exact) mass is 270 g/mol. The molecule has 0 saturated heterocycles. The van der Waals surface area contributed by atoms with E-state index in [9.17, 15) is 4.79 Å². The number of carbonyl (C=O) groups is 1. The van der Waals surface area contributed by atoms with Crippen LogP contribution in [0.4, 0.5) is 4.79 Å². The quantitative estimate of drug-likeness (QED) is 0.660. The minimum atomic E-state index is -1.19. The fourth-order valence-corrected chi connectivity index (χ4v) is 1.59. The number of hydrogen-bond donors (Lipinski definition) is 2. The molecule has 2 aromatic rings. The van der Waals surface area contributed by atoms with Gasteiger partial charge in [-0.1, -0.05) is 18.2 Å². The van der Waals surface area contributed by atoms with E-state index in [1.54, 1.807) is 6.92 Å². The molecule has 0 atom stereocenters. The Morgan fingerprint density at radius 3 is 2.25 bits per heavy atom. The molecule has 0 unspecified atom stereocenters. The molecular weight excluding hydrogens is 256 g/mol. The smallest absolute Gasteiger partial charge is 0.425 e. The summed E-state index contributed by atoms with van der Waals surface area (Å²) in [6.45, 7) is 1.73. The van der Waals surface area contributed by atoms with Crippen molar-refractivity contribution in [3.63, 3.8) is 0 Å². The highest BCUT2D eigenvalue weighted by Gasteiger charge is 2.01. The first kappa shape index (κ1) is 13.6. The minimum absolute atomic E-state index is 0.582. The van der Waals surface area contributed by atoms with Crippen molar-refractivity contribution in [3.8, 4) is 11.5 Å². The highest BCUT2D eigenvalue weighted by atomic mass is 16.5. The fraction of sp³-hybridized carbons (Fsp3) is 0.0667. The van der Waals surface area contributed by atoms with Crippen molar-refractivity contribution in [2.24, 2.45) is 5.10 Å². The van der Waals surface area contributed by atoms with Crippen LogP contribution < -0.4 is 10.2 Å². The number of benzene rings is 2. The third kappa shape index (κ3) is 3.84. The Kier molecular flexibility index (Phi) is 4.34. The number of amides is 1. The number of para-hydroxylation sites is 1. The Morgan fingerprint density at radius 2 is 1.65 bits per heavy atom. The molecule has 0 aliphatic rings. The molecule has 20 heavy (non-hydrogen) atoms. The lowest BCUT2D eigenvalue weighted by molar-refractivity contribution is 0.195. The van der Waals surface area contributed by atoms with E-state index in [-0.39, 0.29) is 0 Å². The van der Waals surface area contributed by atoms with Crippen LogP contribution in [-0.2, 0) is 0 Å². The summed E-state index contributed by atoms with van der Waals surface area (Å²) >= 11 is 0. The number of ether oxygens (including phenoxy) is 1. The first-order valence-electron chi connectivity index (χ1n) is 6.02. The third-order valence-corrected chi connectivity index (χ3v) is 2.57. The molecule has 102 valence electrons. The number of nitrogens with one attached hydrogen (secondary N) is 1. The van der Waals surface area contributed by atoms with E-state index >= 15 is 0 Å². The van der Waals surface area contributed by atoms with Gasteiger partial charge in [0.25, 0.3) is 0 Å². The van der Waals surface area contributed by atoms with Crippen LogP contribution in [0.25, 0.3) is 0 Å². The molecule has 0 aliphatic heterocycles. The molecule has 2 rings (SSSR count). The number of hydrazone groups is 1. The highest BCUT2D eigenvalue weighted by molar-refractivity contribution is 5.99. The molecule has 0 radical (unpaired) electrons. The number of carboxylic acid groups (broad SMARTS) is 1. The molecule has 0 aliphatic carbocycles. The molecule has 2 aromatic carbocycles. The van der Waals surface area contributed by atoms with Gasteiger partial charge in [0.2, 0.25) is 0 Å². The van der Waals surface area contributed by atoms with Crippen molar-refractivity contribution >= 4 is 11.8 Å². The summed E-state index contributed by atoms with van der Waals surface area (Å²) in [7, 11) is 0. The van der Waals surface area contributed by atoms with Crippen LogP contribution in [0, 0.1) is 0 Å². The Bertz CT molecular complexity index is 607. The van der Waals surface area contributed by atoms with Gasteiger partial charge in [0.1, 0.15) is 11.5 Å². The van der Waals surface area contributed by atoms with Crippen molar-refractivity contribution in [2.75, 3.05) is 0 Å². The molecule has 5 nitrogen and oxygen atoms in total. The lowest BCUT2D eigenvalue weighted by Crippen LogP contribution is -2.16. The van der Waals surface area contributed by atoms with E-state index < -0.39 is 6.09 Å². The van der Waals surface area contributed by atoms with Crippen LogP contribution in [0.1, 0.15) is 12.5 Å². The van der Waals surface area contributed by atoms with E-state index in [1.807, 2.05) is 60.0 Å². The predicted molar refractivity (Wildman–Crippen MR) is 76.3 cm³/mol. The van der Waals surface area contributed by atoms with Gasteiger partial charge in [-0.25, -0.2) is 10.2 Å². The summed E-state index contributed by atoms with van der Waals surface area (Å²) in [6.07, 6.45) is -1.19. The van der Waals surface area contributed by atoms with E-state index in [4.69, 9.17) is 9.84 Å². The summed E-state index contributed by atoms with van der Waals surface area (Å²) in [4.78, 5) is 10.4. The Balaban J connectivity index is 2.06. The van der Waals surface area contributed by atoms with Crippen molar-refractivity contribution in [2.45, 2.75) is 6.92 Å². The lowest BCUT2D eigenvalue weighted by Gasteiger charge is -2.06. The SMILES string of the molecule is C/C(=N/NC(=O)O)c1ccc(Oc2ccccc2)cc1. The summed E-state index contributed by atoms with van der Waals surface area (Å²) in [5.74, 6) is 1.47. The average Bonchev–Trinajstić information content (AvgIpc) is 2.46. The predicted octanol–water partition coefficient (Wildman–Crippen LogP) is 3.47. The Morgan fingerprint density at radius 1 is 1.05 bits per heavy atom. The van der Waals surface area contributed by atoms with Crippen LogP contribution in [0.15, 0.2) is 59.7 Å². The summed E-state index contributed by atoms with van der Waals surface area (Å²) < 4.78 is 5.66. The Hall–Kier alpha value is -2.82. The third-order valence-electron chi connectivity index (χ3n) is 2.57. The second-order valence-electron chi connectivity index (χ2n) is 4.05. The summed E-state index contributed by atoms with van der Waals surface area (Å²) in [5.41, 5.74) is 3.37. The second kappa shape index (κ2) is 6.38. The first-order valence-corrected chi connectivity index (χ1v) is 6.02. The van der Waals surface area contributed by atoms with Gasteiger partial charge >= 0.3 is 6.09 Å². The number of nitrogens with zero attached hydrogens (tertiary/aromatic N) is 1. The largest absolute Gasteiger partial charge is 0.464 e. The molecule has 0 bridgehead atoms. The zero-order chi connectivity index (χ0) is 14.4. The van der Waals surface area contributed by atoms with Crippen molar-refractivity contribution in [1.29, 1.82) is 0 Å². The highest BCUT2D eigenvalue weighted by Crippen LogP contribution is 2.21. The van der Waals surface area contributed by atoms with Gasteiger partial charge in [-0.3, -0.25) is 0 Å². The normalized spacial score (nSPS) is 10.9. The van der Waals surface area contributed by atoms with E-state index in [1.165, 1.54) is 0 Å². The van der Waals surface area contributed by atoms with Crippen LogP contribution in [0.2, 0.25) is 0 Å². The summed E-state index contributed by atoms with van der Waals surface area (Å²) in [5, 5.41) is 12.2. The van der Waals surface area contributed by atoms with E-state index in [0.717, 1.165) is 11.3 Å². The van der Waals surface area contributed by atoms with Gasteiger partial charge in [0.05, 0.1) is 5.71 Å². The van der Waals surface area contributed by atoms with Crippen molar-refractivity contribution in [3.05, 3.63) is 60.2 Å². The minimum Gasteiger partial charge on any atom is -0.464 e. The molecule has 0 heterocycles. The van der Waals surface area contributed by atoms with Crippen molar-refractivity contribution in [1.82, 2.24) is 5.43 Å². The summed E-state index contributed by atoms with van der Waals surface area (Å²) in [6, 6.07) is 16.7. The number of rotatable bonds is 4. The van der Waals surface area contributed by atoms with Crippen molar-refractivity contribution < 1.29 is 14.6 Å². The zero-order valence-electron chi connectivity index (χ0n) is 10.9. The van der Waals surface area contributed by atoms with E-state index in [0.29, 0.717) is 11.5 Å². The molecule has 0 saturated carbocycles. The molecule has 0 aromatic heterocycles. The van der Waals surface area contributed by atoms with Crippen LogP contribution >= 0.6 is 0 Å². The number of hydrogen-bond acceptors (Lipinski definition) is 3. The maximum absolute atomic E-state index is 10.4. The van der Waals surface area contributed by atoms with Crippen LogP contribution in [0.3, 0.4) is 0 Å². The fourth-order valence-electron chi connectivity index (χ4n) is 1.59. The van der Waals surface area contributed by atoms with Crippen LogP contribution in [0.5, 0.6) is 11.5 Å².